The van der Waals surface area contributed by atoms with Crippen LogP contribution in [0.15, 0.2) is 18.3 Å². The number of nitrogens with zero attached hydrogens (tertiary/aromatic N) is 3. The fourth-order valence-corrected chi connectivity index (χ4v) is 2.40. The topological polar surface area (TPSA) is 68.5 Å². The summed E-state index contributed by atoms with van der Waals surface area (Å²) in [7, 11) is 1.37. The number of aromatic nitrogens is 3. The maximum absolute atomic E-state index is 11.5. The first-order valence-electron chi connectivity index (χ1n) is 6.40. The molecule has 0 radical (unpaired) electrons. The lowest BCUT2D eigenvalue weighted by atomic mass is 10.1. The molecule has 3 heterocycles. The summed E-state index contributed by atoms with van der Waals surface area (Å²) in [5.41, 5.74) is 1.24. The summed E-state index contributed by atoms with van der Waals surface area (Å²) in [6.07, 6.45) is 3.70. The zero-order valence-corrected chi connectivity index (χ0v) is 10.8. The van der Waals surface area contributed by atoms with E-state index >= 15 is 0 Å². The smallest absolute Gasteiger partial charge is 0.339 e. The van der Waals surface area contributed by atoms with Crippen LogP contribution in [0.2, 0.25) is 0 Å². The first kappa shape index (κ1) is 12.1. The van der Waals surface area contributed by atoms with Gasteiger partial charge in [0.1, 0.15) is 0 Å². The molecule has 6 nitrogen and oxygen atoms in total. The van der Waals surface area contributed by atoms with Gasteiger partial charge in [-0.05, 0) is 37.6 Å². The molecule has 0 amide bonds. The van der Waals surface area contributed by atoms with E-state index in [1.165, 1.54) is 13.5 Å². The van der Waals surface area contributed by atoms with E-state index in [1.54, 1.807) is 22.8 Å². The monoisotopic (exact) mass is 260 g/mol. The zero-order valence-electron chi connectivity index (χ0n) is 10.8. The Balaban J connectivity index is 1.85. The Morgan fingerprint density at radius 2 is 2.47 bits per heavy atom. The lowest BCUT2D eigenvalue weighted by Gasteiger charge is -2.02. The SMILES string of the molecule is COC(=O)c1ccc2nc(CC3CCNC3)nn2c1. The quantitative estimate of drug-likeness (QED) is 0.821. The molecule has 1 atom stereocenters. The Hall–Kier alpha value is -1.95. The molecule has 0 aliphatic carbocycles. The lowest BCUT2D eigenvalue weighted by Crippen LogP contribution is -2.11. The zero-order chi connectivity index (χ0) is 13.2. The second kappa shape index (κ2) is 4.97. The molecule has 0 bridgehead atoms. The van der Waals surface area contributed by atoms with Crippen LogP contribution >= 0.6 is 0 Å². The van der Waals surface area contributed by atoms with E-state index in [9.17, 15) is 4.79 Å². The molecular formula is C13H16N4O2. The maximum atomic E-state index is 11.5. The Labute approximate surface area is 110 Å². The summed E-state index contributed by atoms with van der Waals surface area (Å²) in [6.45, 7) is 2.10. The molecule has 2 aromatic rings. The highest BCUT2D eigenvalue weighted by Crippen LogP contribution is 2.14. The van der Waals surface area contributed by atoms with Crippen LogP contribution < -0.4 is 5.32 Å². The number of nitrogens with one attached hydrogen (secondary N) is 1. The summed E-state index contributed by atoms with van der Waals surface area (Å²) >= 11 is 0. The van der Waals surface area contributed by atoms with Crippen LogP contribution in [0, 0.1) is 5.92 Å². The number of pyridine rings is 1. The Bertz CT molecular complexity index is 602. The molecular weight excluding hydrogens is 244 g/mol. The normalized spacial score (nSPS) is 18.9. The predicted octanol–water partition coefficient (Wildman–Crippen LogP) is 0.668. The molecule has 1 aliphatic rings. The molecule has 1 saturated heterocycles. The standard InChI is InChI=1S/C13H16N4O2/c1-19-13(18)10-2-3-12-15-11(16-17(12)8-10)6-9-4-5-14-7-9/h2-3,8-9,14H,4-7H2,1H3. The number of ether oxygens (including phenoxy) is 1. The van der Waals surface area contributed by atoms with E-state index in [0.29, 0.717) is 11.5 Å². The van der Waals surface area contributed by atoms with Crippen molar-refractivity contribution >= 4 is 11.6 Å². The summed E-state index contributed by atoms with van der Waals surface area (Å²) in [5, 5.41) is 7.76. The third-order valence-corrected chi connectivity index (χ3v) is 3.43. The van der Waals surface area contributed by atoms with Crippen molar-refractivity contribution in [1.29, 1.82) is 0 Å². The van der Waals surface area contributed by atoms with Gasteiger partial charge in [0.05, 0.1) is 12.7 Å². The van der Waals surface area contributed by atoms with E-state index in [-0.39, 0.29) is 5.97 Å². The van der Waals surface area contributed by atoms with Gasteiger partial charge >= 0.3 is 5.97 Å². The van der Waals surface area contributed by atoms with Crippen LogP contribution in [-0.4, -0.2) is 40.8 Å². The van der Waals surface area contributed by atoms with Crippen molar-refractivity contribution in [3.8, 4) is 0 Å². The maximum Gasteiger partial charge on any atom is 0.339 e. The highest BCUT2D eigenvalue weighted by Gasteiger charge is 2.17. The molecule has 0 spiro atoms. The molecule has 3 rings (SSSR count). The van der Waals surface area contributed by atoms with Gasteiger partial charge in [0.15, 0.2) is 11.5 Å². The number of rotatable bonds is 3. The largest absolute Gasteiger partial charge is 0.465 e. The van der Waals surface area contributed by atoms with Crippen LogP contribution in [0.1, 0.15) is 22.6 Å². The van der Waals surface area contributed by atoms with Crippen LogP contribution in [0.4, 0.5) is 0 Å². The molecule has 1 unspecified atom stereocenters. The highest BCUT2D eigenvalue weighted by atomic mass is 16.5. The molecule has 0 saturated carbocycles. The van der Waals surface area contributed by atoms with Gasteiger partial charge in [-0.25, -0.2) is 14.3 Å². The third-order valence-electron chi connectivity index (χ3n) is 3.43. The van der Waals surface area contributed by atoms with Crippen LogP contribution in [0.5, 0.6) is 0 Å². The molecule has 1 aliphatic heterocycles. The van der Waals surface area contributed by atoms with Crippen molar-refractivity contribution in [2.45, 2.75) is 12.8 Å². The second-order valence-corrected chi connectivity index (χ2v) is 4.80. The first-order valence-corrected chi connectivity index (χ1v) is 6.40. The number of methoxy groups -OCH3 is 1. The van der Waals surface area contributed by atoms with Crippen molar-refractivity contribution in [1.82, 2.24) is 19.9 Å². The Morgan fingerprint density at radius 3 is 3.21 bits per heavy atom. The molecule has 2 aromatic heterocycles. The number of esters is 1. The van der Waals surface area contributed by atoms with E-state index in [4.69, 9.17) is 4.74 Å². The van der Waals surface area contributed by atoms with E-state index in [2.05, 4.69) is 15.4 Å². The van der Waals surface area contributed by atoms with E-state index < -0.39 is 0 Å². The fraction of sp³-hybridized carbons (Fsp3) is 0.462. The molecule has 19 heavy (non-hydrogen) atoms. The van der Waals surface area contributed by atoms with Crippen molar-refractivity contribution in [3.05, 3.63) is 29.7 Å². The van der Waals surface area contributed by atoms with Crippen molar-refractivity contribution in [2.75, 3.05) is 20.2 Å². The van der Waals surface area contributed by atoms with Gasteiger partial charge in [-0.2, -0.15) is 5.10 Å². The number of carbonyl (C=O) groups excluding carboxylic acids is 1. The fourth-order valence-electron chi connectivity index (χ4n) is 2.40. The Morgan fingerprint density at radius 1 is 1.58 bits per heavy atom. The van der Waals surface area contributed by atoms with Gasteiger partial charge in [0.2, 0.25) is 0 Å². The van der Waals surface area contributed by atoms with Gasteiger partial charge in [0, 0.05) is 12.6 Å². The van der Waals surface area contributed by atoms with Gasteiger partial charge < -0.3 is 10.1 Å². The lowest BCUT2D eigenvalue weighted by molar-refractivity contribution is 0.0600. The minimum atomic E-state index is -0.362. The molecule has 6 heteroatoms. The Kier molecular flexibility index (Phi) is 3.16. The van der Waals surface area contributed by atoms with Crippen LogP contribution in [0.25, 0.3) is 5.65 Å². The minimum Gasteiger partial charge on any atom is -0.465 e. The van der Waals surface area contributed by atoms with Crippen molar-refractivity contribution in [2.24, 2.45) is 5.92 Å². The average molecular weight is 260 g/mol. The molecule has 1 fully saturated rings. The van der Waals surface area contributed by atoms with E-state index in [0.717, 1.165) is 31.0 Å². The number of carbonyl (C=O) groups is 1. The summed E-state index contributed by atoms with van der Waals surface area (Å²) in [6, 6.07) is 3.49. The molecule has 0 aromatic carbocycles. The molecule has 1 N–H and O–H groups in total. The molecule has 100 valence electrons. The van der Waals surface area contributed by atoms with Crippen LogP contribution in [-0.2, 0) is 11.2 Å². The first-order chi connectivity index (χ1) is 9.26. The summed E-state index contributed by atoms with van der Waals surface area (Å²) < 4.78 is 6.33. The third kappa shape index (κ3) is 2.44. The average Bonchev–Trinajstić information content (AvgIpc) is 3.05. The van der Waals surface area contributed by atoms with Crippen molar-refractivity contribution < 1.29 is 9.53 Å². The minimum absolute atomic E-state index is 0.362. The predicted molar refractivity (Wildman–Crippen MR) is 69.0 cm³/mol. The summed E-state index contributed by atoms with van der Waals surface area (Å²) in [4.78, 5) is 15.9. The highest BCUT2D eigenvalue weighted by molar-refractivity contribution is 5.89. The van der Waals surface area contributed by atoms with Gasteiger partial charge in [-0.3, -0.25) is 0 Å². The summed E-state index contributed by atoms with van der Waals surface area (Å²) in [5.74, 6) is 1.08. The second-order valence-electron chi connectivity index (χ2n) is 4.80. The van der Waals surface area contributed by atoms with Crippen molar-refractivity contribution in [3.63, 3.8) is 0 Å². The van der Waals surface area contributed by atoms with Crippen LogP contribution in [0.3, 0.4) is 0 Å². The number of hydrogen-bond acceptors (Lipinski definition) is 5. The van der Waals surface area contributed by atoms with Gasteiger partial charge in [0.25, 0.3) is 0 Å². The number of fused-ring (bicyclic) bond motifs is 1. The van der Waals surface area contributed by atoms with Gasteiger partial charge in [-0.1, -0.05) is 0 Å². The number of hydrogen-bond donors (Lipinski definition) is 1. The van der Waals surface area contributed by atoms with Gasteiger partial charge in [-0.15, -0.1) is 0 Å². The van der Waals surface area contributed by atoms with E-state index in [1.807, 2.05) is 0 Å².